The number of rotatable bonds is 2. The Bertz CT molecular complexity index is 816. The molecular formula is C20H22N2O2. The van der Waals surface area contributed by atoms with Crippen molar-refractivity contribution >= 4 is 5.91 Å². The number of pyridine rings is 1. The molecule has 0 radical (unpaired) electrons. The molecule has 0 bridgehead atoms. The number of aromatic nitrogens is 1. The summed E-state index contributed by atoms with van der Waals surface area (Å²) in [6.45, 7) is 6.20. The van der Waals surface area contributed by atoms with Crippen LogP contribution in [-0.4, -0.2) is 17.0 Å². The quantitative estimate of drug-likeness (QED) is 0.924. The average molecular weight is 322 g/mol. The van der Waals surface area contributed by atoms with Crippen molar-refractivity contribution in [3.63, 3.8) is 0 Å². The number of ether oxygens (including phenoxy) is 1. The van der Waals surface area contributed by atoms with Gasteiger partial charge < -0.3 is 10.5 Å². The predicted molar refractivity (Wildman–Crippen MR) is 92.1 cm³/mol. The van der Waals surface area contributed by atoms with Gasteiger partial charge in [-0.1, -0.05) is 30.3 Å². The number of nitrogens with two attached hydrogens (primary N) is 1. The molecule has 0 spiro atoms. The molecule has 1 fully saturated rings. The topological polar surface area (TPSA) is 65.2 Å². The lowest BCUT2D eigenvalue weighted by Gasteiger charge is -2.23. The first kappa shape index (κ1) is 15.2. The van der Waals surface area contributed by atoms with E-state index in [1.54, 1.807) is 0 Å². The molecule has 4 atom stereocenters. The smallest absolute Gasteiger partial charge is 0.221 e. The van der Waals surface area contributed by atoms with Gasteiger partial charge in [0.05, 0.1) is 5.69 Å². The van der Waals surface area contributed by atoms with Crippen LogP contribution in [0, 0.1) is 26.7 Å². The Balaban J connectivity index is 1.81. The van der Waals surface area contributed by atoms with Crippen molar-refractivity contribution in [1.29, 1.82) is 0 Å². The van der Waals surface area contributed by atoms with Gasteiger partial charge >= 0.3 is 0 Å². The van der Waals surface area contributed by atoms with Crippen LogP contribution in [0.2, 0.25) is 0 Å². The molecule has 2 aromatic rings. The van der Waals surface area contributed by atoms with Crippen molar-refractivity contribution < 1.29 is 9.53 Å². The van der Waals surface area contributed by atoms with Crippen LogP contribution in [0.4, 0.5) is 0 Å². The van der Waals surface area contributed by atoms with E-state index < -0.39 is 0 Å². The summed E-state index contributed by atoms with van der Waals surface area (Å²) in [7, 11) is 0. The Morgan fingerprint density at radius 1 is 1.17 bits per heavy atom. The second-order valence-corrected chi connectivity index (χ2v) is 7.03. The lowest BCUT2D eigenvalue weighted by Crippen LogP contribution is -2.30. The molecule has 1 saturated carbocycles. The summed E-state index contributed by atoms with van der Waals surface area (Å²) in [6, 6.07) is 10.1. The summed E-state index contributed by atoms with van der Waals surface area (Å²) in [4.78, 5) is 16.9. The van der Waals surface area contributed by atoms with Crippen molar-refractivity contribution in [2.75, 3.05) is 0 Å². The maximum Gasteiger partial charge on any atom is 0.221 e. The Hall–Kier alpha value is -2.36. The minimum absolute atomic E-state index is 0.0112. The van der Waals surface area contributed by atoms with E-state index >= 15 is 0 Å². The van der Waals surface area contributed by atoms with Crippen molar-refractivity contribution in [1.82, 2.24) is 4.98 Å². The van der Waals surface area contributed by atoms with Crippen molar-refractivity contribution in [3.8, 4) is 5.75 Å². The molecule has 1 aliphatic heterocycles. The van der Waals surface area contributed by atoms with E-state index in [-0.39, 0.29) is 29.8 Å². The molecule has 0 saturated heterocycles. The first-order valence-corrected chi connectivity index (χ1v) is 8.47. The van der Waals surface area contributed by atoms with E-state index in [1.807, 2.05) is 25.1 Å². The summed E-state index contributed by atoms with van der Waals surface area (Å²) in [5, 5.41) is 0. The second-order valence-electron chi connectivity index (χ2n) is 7.03. The van der Waals surface area contributed by atoms with Crippen LogP contribution in [0.25, 0.3) is 0 Å². The highest BCUT2D eigenvalue weighted by molar-refractivity contribution is 5.79. The van der Waals surface area contributed by atoms with E-state index in [2.05, 4.69) is 26.0 Å². The third kappa shape index (κ3) is 2.05. The summed E-state index contributed by atoms with van der Waals surface area (Å²) < 4.78 is 6.37. The molecule has 24 heavy (non-hydrogen) atoms. The fourth-order valence-corrected chi connectivity index (χ4v) is 4.33. The standard InChI is InChI=1S/C20H22N2O2/c1-10-11(2)18-17(22-12(10)3)15-9-14(20(21)23)16(19(15)24-18)13-7-5-4-6-8-13/h4-8,14-16,19H,9H2,1-3H3,(H2,21,23). The van der Waals surface area contributed by atoms with E-state index in [0.29, 0.717) is 6.42 Å². The minimum Gasteiger partial charge on any atom is -0.487 e. The fourth-order valence-electron chi connectivity index (χ4n) is 4.33. The summed E-state index contributed by atoms with van der Waals surface area (Å²) >= 11 is 0. The van der Waals surface area contributed by atoms with Gasteiger partial charge in [0.1, 0.15) is 11.9 Å². The van der Waals surface area contributed by atoms with Gasteiger partial charge in [0.25, 0.3) is 0 Å². The van der Waals surface area contributed by atoms with Gasteiger partial charge in [-0.25, -0.2) is 0 Å². The molecule has 4 rings (SSSR count). The predicted octanol–water partition coefficient (Wildman–Crippen LogP) is 3.14. The number of carbonyl (C=O) groups excluding carboxylic acids is 1. The zero-order chi connectivity index (χ0) is 17.0. The van der Waals surface area contributed by atoms with Gasteiger partial charge in [-0.15, -0.1) is 0 Å². The normalized spacial score (nSPS) is 27.5. The molecule has 2 aliphatic rings. The molecule has 1 amide bonds. The van der Waals surface area contributed by atoms with Crippen molar-refractivity contribution in [2.45, 2.75) is 45.1 Å². The second kappa shape index (κ2) is 5.33. The number of hydrogen-bond donors (Lipinski definition) is 1. The molecule has 1 aromatic heterocycles. The van der Waals surface area contributed by atoms with Crippen LogP contribution in [0.5, 0.6) is 5.75 Å². The summed E-state index contributed by atoms with van der Waals surface area (Å²) in [5.41, 5.74) is 11.2. The van der Waals surface area contributed by atoms with Gasteiger partial charge in [0, 0.05) is 23.4 Å². The molecule has 2 N–H and O–H groups in total. The van der Waals surface area contributed by atoms with Gasteiger partial charge in [-0.2, -0.15) is 0 Å². The Morgan fingerprint density at radius 2 is 1.88 bits per heavy atom. The molecule has 1 aromatic carbocycles. The van der Waals surface area contributed by atoms with Crippen LogP contribution < -0.4 is 10.5 Å². The molecule has 4 nitrogen and oxygen atoms in total. The molecule has 4 heteroatoms. The van der Waals surface area contributed by atoms with Crippen LogP contribution in [0.15, 0.2) is 30.3 Å². The number of nitrogens with zero attached hydrogens (tertiary/aromatic N) is 1. The highest BCUT2D eigenvalue weighted by atomic mass is 16.5. The lowest BCUT2D eigenvalue weighted by atomic mass is 9.87. The van der Waals surface area contributed by atoms with Gasteiger partial charge in [-0.05, 0) is 43.9 Å². The molecule has 124 valence electrons. The number of carbonyl (C=O) groups is 1. The van der Waals surface area contributed by atoms with Gasteiger partial charge in [0.2, 0.25) is 5.91 Å². The number of primary amides is 1. The monoisotopic (exact) mass is 322 g/mol. The first-order valence-electron chi connectivity index (χ1n) is 8.47. The fraction of sp³-hybridized carbons (Fsp3) is 0.400. The first-order chi connectivity index (χ1) is 11.5. The number of hydrogen-bond acceptors (Lipinski definition) is 3. The zero-order valence-electron chi connectivity index (χ0n) is 14.2. The summed E-state index contributed by atoms with van der Waals surface area (Å²) in [5.74, 6) is 0.587. The summed E-state index contributed by atoms with van der Waals surface area (Å²) in [6.07, 6.45) is 0.647. The van der Waals surface area contributed by atoms with Crippen LogP contribution >= 0.6 is 0 Å². The highest BCUT2D eigenvalue weighted by Gasteiger charge is 2.53. The van der Waals surface area contributed by atoms with E-state index in [0.717, 1.165) is 28.3 Å². The van der Waals surface area contributed by atoms with Crippen LogP contribution in [0.3, 0.4) is 0 Å². The number of benzene rings is 1. The molecule has 2 heterocycles. The average Bonchev–Trinajstić information content (AvgIpc) is 3.10. The largest absolute Gasteiger partial charge is 0.487 e. The third-order valence-electron chi connectivity index (χ3n) is 5.81. The third-order valence-corrected chi connectivity index (χ3v) is 5.81. The number of aryl methyl sites for hydroxylation is 1. The maximum atomic E-state index is 12.1. The number of fused-ring (bicyclic) bond motifs is 3. The van der Waals surface area contributed by atoms with E-state index in [9.17, 15) is 4.79 Å². The molecule has 4 unspecified atom stereocenters. The van der Waals surface area contributed by atoms with Crippen LogP contribution in [0.1, 0.15) is 46.3 Å². The Morgan fingerprint density at radius 3 is 2.54 bits per heavy atom. The SMILES string of the molecule is Cc1nc2c(c(C)c1C)OC1C2CC(C(N)=O)C1c1ccccc1. The minimum atomic E-state index is -0.246. The Kier molecular flexibility index (Phi) is 3.37. The maximum absolute atomic E-state index is 12.1. The lowest BCUT2D eigenvalue weighted by molar-refractivity contribution is -0.122. The Labute approximate surface area is 142 Å². The van der Waals surface area contributed by atoms with Crippen molar-refractivity contribution in [3.05, 3.63) is 58.4 Å². The van der Waals surface area contributed by atoms with E-state index in [4.69, 9.17) is 15.5 Å². The molecule has 1 aliphatic carbocycles. The van der Waals surface area contributed by atoms with Gasteiger partial charge in [-0.3, -0.25) is 9.78 Å². The number of amides is 1. The zero-order valence-corrected chi connectivity index (χ0v) is 14.2. The van der Waals surface area contributed by atoms with E-state index in [1.165, 1.54) is 5.56 Å². The van der Waals surface area contributed by atoms with Gasteiger partial charge in [0.15, 0.2) is 0 Å². The highest BCUT2D eigenvalue weighted by Crippen LogP contribution is 2.55. The van der Waals surface area contributed by atoms with Crippen LogP contribution in [-0.2, 0) is 4.79 Å². The molecular weight excluding hydrogens is 300 g/mol. The van der Waals surface area contributed by atoms with Crippen molar-refractivity contribution in [2.24, 2.45) is 11.7 Å².